The first-order chi connectivity index (χ1) is 15.8. The van der Waals surface area contributed by atoms with Crippen LogP contribution < -0.4 is 9.64 Å². The molecular weight excluding hydrogens is 458 g/mol. The van der Waals surface area contributed by atoms with Crippen LogP contribution in [0.25, 0.3) is 10.2 Å². The zero-order valence-electron chi connectivity index (χ0n) is 18.5. The second-order valence-corrected chi connectivity index (χ2v) is 10.7. The van der Waals surface area contributed by atoms with E-state index in [9.17, 15) is 13.2 Å². The second kappa shape index (κ2) is 9.29. The summed E-state index contributed by atoms with van der Waals surface area (Å²) in [4.78, 5) is 23.8. The van der Waals surface area contributed by atoms with Crippen molar-refractivity contribution < 1.29 is 17.9 Å². The van der Waals surface area contributed by atoms with Gasteiger partial charge >= 0.3 is 0 Å². The third-order valence-corrected chi connectivity index (χ3v) is 7.77. The molecule has 4 aromatic rings. The number of hydrogen-bond donors (Lipinski definition) is 0. The van der Waals surface area contributed by atoms with Gasteiger partial charge in [0, 0.05) is 6.20 Å². The average Bonchev–Trinajstić information content (AvgIpc) is 3.22. The van der Waals surface area contributed by atoms with Crippen molar-refractivity contribution in [3.63, 3.8) is 0 Å². The number of benzene rings is 2. The van der Waals surface area contributed by atoms with Gasteiger partial charge in [0.1, 0.15) is 11.5 Å². The molecule has 0 spiro atoms. The number of aromatic nitrogens is 2. The number of carbonyl (C=O) groups excluding carboxylic acids is 1. The molecule has 170 valence electrons. The third-order valence-electron chi connectivity index (χ3n) is 5.13. The maximum Gasteiger partial charge on any atom is 0.244 e. The lowest BCUT2D eigenvalue weighted by atomic mass is 10.1. The predicted molar refractivity (Wildman–Crippen MR) is 130 cm³/mol. The lowest BCUT2D eigenvalue weighted by Crippen LogP contribution is -2.35. The van der Waals surface area contributed by atoms with Gasteiger partial charge in [-0.3, -0.25) is 14.7 Å². The molecule has 2 aromatic heterocycles. The lowest BCUT2D eigenvalue weighted by Gasteiger charge is -2.19. The van der Waals surface area contributed by atoms with Crippen molar-refractivity contribution >= 4 is 42.4 Å². The number of thiazole rings is 1. The molecule has 2 heterocycles. The Kier molecular flexibility index (Phi) is 6.44. The van der Waals surface area contributed by atoms with Gasteiger partial charge in [0.25, 0.3) is 0 Å². The van der Waals surface area contributed by atoms with Crippen LogP contribution in [0.15, 0.2) is 65.7 Å². The van der Waals surface area contributed by atoms with Crippen LogP contribution in [-0.4, -0.2) is 37.2 Å². The highest BCUT2D eigenvalue weighted by Crippen LogP contribution is 2.32. The molecule has 0 bridgehead atoms. The quantitative estimate of drug-likeness (QED) is 0.390. The molecule has 33 heavy (non-hydrogen) atoms. The Labute approximate surface area is 196 Å². The fourth-order valence-electron chi connectivity index (χ4n) is 3.50. The second-order valence-electron chi connectivity index (χ2n) is 7.66. The summed E-state index contributed by atoms with van der Waals surface area (Å²) in [6.07, 6.45) is 1.64. The van der Waals surface area contributed by atoms with Crippen LogP contribution in [0.2, 0.25) is 0 Å². The zero-order chi connectivity index (χ0) is 23.6. The predicted octanol–water partition coefficient (Wildman–Crippen LogP) is 4.32. The topological polar surface area (TPSA) is 89.5 Å². The van der Waals surface area contributed by atoms with Gasteiger partial charge in [-0.2, -0.15) is 0 Å². The van der Waals surface area contributed by atoms with E-state index >= 15 is 0 Å². The molecule has 0 unspecified atom stereocenters. The normalized spacial score (nSPS) is 11.5. The first kappa shape index (κ1) is 22.9. The minimum Gasteiger partial charge on any atom is -0.497 e. The van der Waals surface area contributed by atoms with Crippen molar-refractivity contribution in [2.45, 2.75) is 25.3 Å². The number of methoxy groups -OCH3 is 1. The number of sulfone groups is 1. The summed E-state index contributed by atoms with van der Waals surface area (Å²) >= 11 is 1.36. The molecule has 4 rings (SSSR count). The van der Waals surface area contributed by atoms with Crippen LogP contribution in [0.5, 0.6) is 5.75 Å². The van der Waals surface area contributed by atoms with Gasteiger partial charge in [-0.15, -0.1) is 0 Å². The number of carbonyl (C=O) groups is 1. The molecule has 0 saturated heterocycles. The lowest BCUT2D eigenvalue weighted by molar-refractivity contribution is -0.116. The highest BCUT2D eigenvalue weighted by molar-refractivity contribution is 7.92. The van der Waals surface area contributed by atoms with Crippen molar-refractivity contribution in [2.24, 2.45) is 0 Å². The largest absolute Gasteiger partial charge is 0.497 e. The highest BCUT2D eigenvalue weighted by atomic mass is 32.2. The first-order valence-corrected chi connectivity index (χ1v) is 12.7. The zero-order valence-corrected chi connectivity index (χ0v) is 20.1. The van der Waals surface area contributed by atoms with E-state index in [1.54, 1.807) is 30.5 Å². The smallest absolute Gasteiger partial charge is 0.244 e. The number of pyridine rings is 1. The molecule has 0 saturated carbocycles. The summed E-state index contributed by atoms with van der Waals surface area (Å²) in [6, 6.07) is 15.4. The summed E-state index contributed by atoms with van der Waals surface area (Å²) in [7, 11) is -2.36. The fraction of sp³-hybridized carbons (Fsp3) is 0.208. The molecule has 7 nitrogen and oxygen atoms in total. The summed E-state index contributed by atoms with van der Waals surface area (Å²) in [5, 5.41) is 0.444. The third kappa shape index (κ3) is 5.04. The minimum absolute atomic E-state index is 0.0604. The first-order valence-electron chi connectivity index (χ1n) is 10.2. The van der Waals surface area contributed by atoms with Crippen molar-refractivity contribution in [3.05, 3.63) is 77.6 Å². The van der Waals surface area contributed by atoms with Crippen LogP contribution >= 0.6 is 11.3 Å². The summed E-state index contributed by atoms with van der Waals surface area (Å²) in [5.41, 5.74) is 3.54. The maximum absolute atomic E-state index is 13.3. The number of rotatable bonds is 7. The number of hydrogen-bond acceptors (Lipinski definition) is 7. The SMILES string of the molecule is COc1ccc(S(=O)(=O)CC(=O)N(Cc2ccccn2)c2nc3c(C)cc(C)cc3s2)cc1. The molecule has 0 fully saturated rings. The molecular formula is C24H23N3O4S2. The molecule has 0 radical (unpaired) electrons. The summed E-state index contributed by atoms with van der Waals surface area (Å²) < 4.78 is 32.0. The molecule has 9 heteroatoms. The van der Waals surface area contributed by atoms with Crippen LogP contribution in [0.1, 0.15) is 16.8 Å². The average molecular weight is 482 g/mol. The molecule has 2 aromatic carbocycles. The van der Waals surface area contributed by atoms with E-state index in [2.05, 4.69) is 9.97 Å². The van der Waals surface area contributed by atoms with E-state index < -0.39 is 21.5 Å². The monoisotopic (exact) mass is 481 g/mol. The van der Waals surface area contributed by atoms with Crippen molar-refractivity contribution in [2.75, 3.05) is 17.8 Å². The maximum atomic E-state index is 13.3. The van der Waals surface area contributed by atoms with E-state index in [-0.39, 0.29) is 11.4 Å². The van der Waals surface area contributed by atoms with Gasteiger partial charge in [-0.1, -0.05) is 23.5 Å². The number of ether oxygens (including phenoxy) is 1. The molecule has 1 amide bonds. The summed E-state index contributed by atoms with van der Waals surface area (Å²) in [5.74, 6) is -0.706. The Morgan fingerprint density at radius 2 is 1.85 bits per heavy atom. The van der Waals surface area contributed by atoms with Gasteiger partial charge < -0.3 is 4.74 Å². The molecule has 0 atom stereocenters. The van der Waals surface area contributed by atoms with E-state index in [1.807, 2.05) is 32.0 Å². The van der Waals surface area contributed by atoms with Crippen LogP contribution in [0, 0.1) is 13.8 Å². The Bertz CT molecular complexity index is 1400. The number of nitrogens with zero attached hydrogens (tertiary/aromatic N) is 3. The Hall–Kier alpha value is -3.30. The van der Waals surface area contributed by atoms with E-state index in [0.717, 1.165) is 21.3 Å². The van der Waals surface area contributed by atoms with Crippen molar-refractivity contribution in [1.82, 2.24) is 9.97 Å². The minimum atomic E-state index is -3.87. The van der Waals surface area contributed by atoms with Gasteiger partial charge in [-0.25, -0.2) is 13.4 Å². The van der Waals surface area contributed by atoms with Crippen molar-refractivity contribution in [1.29, 1.82) is 0 Å². The number of anilines is 1. The van der Waals surface area contributed by atoms with Crippen molar-refractivity contribution in [3.8, 4) is 5.75 Å². The van der Waals surface area contributed by atoms with Crippen LogP contribution in [0.3, 0.4) is 0 Å². The molecule has 0 aliphatic carbocycles. The fourth-order valence-corrected chi connectivity index (χ4v) is 5.85. The Balaban J connectivity index is 1.70. The van der Waals surface area contributed by atoms with E-state index in [1.165, 1.54) is 35.5 Å². The van der Waals surface area contributed by atoms with Gasteiger partial charge in [0.15, 0.2) is 15.0 Å². The van der Waals surface area contributed by atoms with Gasteiger partial charge in [-0.05, 0) is 67.4 Å². The highest BCUT2D eigenvalue weighted by Gasteiger charge is 2.27. The Morgan fingerprint density at radius 1 is 1.09 bits per heavy atom. The summed E-state index contributed by atoms with van der Waals surface area (Å²) in [6.45, 7) is 4.09. The van der Waals surface area contributed by atoms with Crippen LogP contribution in [-0.2, 0) is 21.2 Å². The molecule has 0 aliphatic heterocycles. The number of amides is 1. The van der Waals surface area contributed by atoms with Gasteiger partial charge in [0.05, 0.1) is 34.5 Å². The standard InChI is InChI=1S/C24H23N3O4S2/c1-16-12-17(2)23-21(13-16)32-24(26-23)27(14-18-6-4-5-11-25-18)22(28)15-33(29,30)20-9-7-19(31-3)8-10-20/h4-13H,14-15H2,1-3H3. The van der Waals surface area contributed by atoms with E-state index in [0.29, 0.717) is 16.6 Å². The number of aryl methyl sites for hydroxylation is 2. The molecule has 0 aliphatic rings. The van der Waals surface area contributed by atoms with Gasteiger partial charge in [0.2, 0.25) is 5.91 Å². The van der Waals surface area contributed by atoms with E-state index in [4.69, 9.17) is 4.74 Å². The number of fused-ring (bicyclic) bond motifs is 1. The molecule has 0 N–H and O–H groups in total. The van der Waals surface area contributed by atoms with Crippen LogP contribution in [0.4, 0.5) is 5.13 Å². The Morgan fingerprint density at radius 3 is 2.52 bits per heavy atom.